The molecular weight excluding hydrogens is 192 g/mol. The Labute approximate surface area is 79.5 Å². The number of carbonyl (C=O) groups excluding carboxylic acids is 1. The number of halogens is 2. The molecule has 0 amide bonds. The van der Waals surface area contributed by atoms with Gasteiger partial charge >= 0.3 is 5.97 Å². The van der Waals surface area contributed by atoms with Gasteiger partial charge in [0.15, 0.2) is 0 Å². The van der Waals surface area contributed by atoms with Gasteiger partial charge in [0, 0.05) is 11.3 Å². The summed E-state index contributed by atoms with van der Waals surface area (Å²) < 4.78 is 29.2. The standard InChI is InChI=1S/C9H9F2NO2/c1-14-9(13)7-4-5(12)2-3-6(7)8(10)11/h2-4,8H,12H2,1H3. The first-order valence-corrected chi connectivity index (χ1v) is 3.82. The molecule has 1 aromatic rings. The van der Waals surface area contributed by atoms with Crippen LogP contribution < -0.4 is 5.73 Å². The molecule has 0 aliphatic heterocycles. The molecule has 0 saturated heterocycles. The minimum atomic E-state index is -2.72. The number of esters is 1. The number of benzene rings is 1. The van der Waals surface area contributed by atoms with Crippen molar-refractivity contribution in [3.8, 4) is 0 Å². The second-order valence-electron chi connectivity index (χ2n) is 2.64. The predicted molar refractivity (Wildman–Crippen MR) is 47.2 cm³/mol. The molecule has 0 radical (unpaired) electrons. The highest BCUT2D eigenvalue weighted by atomic mass is 19.3. The normalized spacial score (nSPS) is 10.3. The maximum atomic E-state index is 12.4. The average Bonchev–Trinajstić information content (AvgIpc) is 2.16. The molecule has 0 saturated carbocycles. The van der Waals surface area contributed by atoms with Crippen molar-refractivity contribution in [3.63, 3.8) is 0 Å². The van der Waals surface area contributed by atoms with Crippen molar-refractivity contribution >= 4 is 11.7 Å². The van der Waals surface area contributed by atoms with E-state index in [1.807, 2.05) is 0 Å². The summed E-state index contributed by atoms with van der Waals surface area (Å²) in [6.07, 6.45) is -2.72. The lowest BCUT2D eigenvalue weighted by atomic mass is 10.1. The van der Waals surface area contributed by atoms with Crippen LogP contribution in [0.1, 0.15) is 22.3 Å². The van der Waals surface area contributed by atoms with E-state index >= 15 is 0 Å². The molecule has 0 aliphatic rings. The SMILES string of the molecule is COC(=O)c1cc(N)ccc1C(F)F. The van der Waals surface area contributed by atoms with Gasteiger partial charge < -0.3 is 10.5 Å². The van der Waals surface area contributed by atoms with Crippen molar-refractivity contribution in [1.82, 2.24) is 0 Å². The summed E-state index contributed by atoms with van der Waals surface area (Å²) in [6, 6.07) is 3.60. The Balaban J connectivity index is 3.22. The van der Waals surface area contributed by atoms with Gasteiger partial charge in [-0.05, 0) is 12.1 Å². The van der Waals surface area contributed by atoms with Crippen molar-refractivity contribution in [2.45, 2.75) is 6.43 Å². The van der Waals surface area contributed by atoms with Crippen LogP contribution in [0, 0.1) is 0 Å². The molecule has 0 unspecified atom stereocenters. The van der Waals surface area contributed by atoms with E-state index in [1.165, 1.54) is 12.1 Å². The van der Waals surface area contributed by atoms with Crippen LogP contribution in [0.25, 0.3) is 0 Å². The van der Waals surface area contributed by atoms with Crippen molar-refractivity contribution in [3.05, 3.63) is 29.3 Å². The fourth-order valence-electron chi connectivity index (χ4n) is 1.05. The van der Waals surface area contributed by atoms with Crippen LogP contribution in [0.3, 0.4) is 0 Å². The third kappa shape index (κ3) is 1.99. The lowest BCUT2D eigenvalue weighted by molar-refractivity contribution is 0.0589. The van der Waals surface area contributed by atoms with Crippen molar-refractivity contribution < 1.29 is 18.3 Å². The summed E-state index contributed by atoms with van der Waals surface area (Å²) in [5.74, 6) is -0.812. The van der Waals surface area contributed by atoms with Crippen LogP contribution in [-0.2, 0) is 4.74 Å². The van der Waals surface area contributed by atoms with Gasteiger partial charge in [-0.1, -0.05) is 6.07 Å². The zero-order valence-corrected chi connectivity index (χ0v) is 7.46. The number of hydrogen-bond donors (Lipinski definition) is 1. The Morgan fingerprint density at radius 2 is 2.14 bits per heavy atom. The Morgan fingerprint density at radius 1 is 1.50 bits per heavy atom. The Kier molecular flexibility index (Phi) is 3.01. The van der Waals surface area contributed by atoms with Crippen molar-refractivity contribution in [2.75, 3.05) is 12.8 Å². The zero-order valence-electron chi connectivity index (χ0n) is 7.46. The minimum Gasteiger partial charge on any atom is -0.465 e. The fraction of sp³-hybridized carbons (Fsp3) is 0.222. The van der Waals surface area contributed by atoms with E-state index in [-0.39, 0.29) is 16.8 Å². The van der Waals surface area contributed by atoms with Gasteiger partial charge in [0.1, 0.15) is 0 Å². The molecule has 0 spiro atoms. The molecule has 3 nitrogen and oxygen atoms in total. The highest BCUT2D eigenvalue weighted by Gasteiger charge is 2.18. The lowest BCUT2D eigenvalue weighted by Crippen LogP contribution is -2.06. The number of methoxy groups -OCH3 is 1. The zero-order chi connectivity index (χ0) is 10.7. The van der Waals surface area contributed by atoms with Gasteiger partial charge in [0.25, 0.3) is 6.43 Å². The van der Waals surface area contributed by atoms with Gasteiger partial charge in [-0.25, -0.2) is 13.6 Å². The molecule has 0 aliphatic carbocycles. The maximum Gasteiger partial charge on any atom is 0.338 e. The summed E-state index contributed by atoms with van der Waals surface area (Å²) in [5, 5.41) is 0. The van der Waals surface area contributed by atoms with Crippen LogP contribution in [0.5, 0.6) is 0 Å². The first kappa shape index (κ1) is 10.4. The number of rotatable bonds is 2. The van der Waals surface area contributed by atoms with Crippen LogP contribution in [0.15, 0.2) is 18.2 Å². The molecule has 0 bridgehead atoms. The molecule has 76 valence electrons. The monoisotopic (exact) mass is 201 g/mol. The van der Waals surface area contributed by atoms with Gasteiger partial charge in [-0.2, -0.15) is 0 Å². The first-order valence-electron chi connectivity index (χ1n) is 3.82. The number of nitrogens with two attached hydrogens (primary N) is 1. The second-order valence-corrected chi connectivity index (χ2v) is 2.64. The number of carbonyl (C=O) groups is 1. The van der Waals surface area contributed by atoms with E-state index in [0.29, 0.717) is 0 Å². The van der Waals surface area contributed by atoms with Gasteiger partial charge in [0.05, 0.1) is 12.7 Å². The number of anilines is 1. The second kappa shape index (κ2) is 4.04. The largest absolute Gasteiger partial charge is 0.465 e. The molecular formula is C9H9F2NO2. The van der Waals surface area contributed by atoms with E-state index in [1.54, 1.807) is 0 Å². The predicted octanol–water partition coefficient (Wildman–Crippen LogP) is 1.99. The first-order chi connectivity index (χ1) is 6.56. The number of hydrogen-bond acceptors (Lipinski definition) is 3. The van der Waals surface area contributed by atoms with Gasteiger partial charge in [-0.3, -0.25) is 0 Å². The summed E-state index contributed by atoms with van der Waals surface area (Å²) >= 11 is 0. The fourth-order valence-corrected chi connectivity index (χ4v) is 1.05. The Hall–Kier alpha value is -1.65. The number of ether oxygens (including phenoxy) is 1. The molecule has 14 heavy (non-hydrogen) atoms. The van der Waals surface area contributed by atoms with E-state index in [2.05, 4.69) is 4.74 Å². The van der Waals surface area contributed by atoms with Crippen LogP contribution in [-0.4, -0.2) is 13.1 Å². The van der Waals surface area contributed by atoms with E-state index < -0.39 is 12.4 Å². The average molecular weight is 201 g/mol. The highest BCUT2D eigenvalue weighted by Crippen LogP contribution is 2.25. The van der Waals surface area contributed by atoms with Crippen molar-refractivity contribution in [1.29, 1.82) is 0 Å². The molecule has 5 heteroatoms. The van der Waals surface area contributed by atoms with Crippen LogP contribution in [0.2, 0.25) is 0 Å². The third-order valence-electron chi connectivity index (χ3n) is 1.72. The Bertz CT molecular complexity index is 353. The highest BCUT2D eigenvalue weighted by molar-refractivity contribution is 5.92. The summed E-state index contributed by atoms with van der Waals surface area (Å²) in [7, 11) is 1.13. The smallest absolute Gasteiger partial charge is 0.338 e. The topological polar surface area (TPSA) is 52.3 Å². The molecule has 0 heterocycles. The third-order valence-corrected chi connectivity index (χ3v) is 1.72. The molecule has 0 aromatic heterocycles. The van der Waals surface area contributed by atoms with E-state index in [4.69, 9.17) is 5.73 Å². The van der Waals surface area contributed by atoms with E-state index in [0.717, 1.165) is 13.2 Å². The molecule has 0 fully saturated rings. The lowest BCUT2D eigenvalue weighted by Gasteiger charge is -2.07. The number of nitrogen functional groups attached to an aromatic ring is 1. The molecule has 1 aromatic carbocycles. The molecule has 2 N–H and O–H groups in total. The number of alkyl halides is 2. The van der Waals surface area contributed by atoms with E-state index in [9.17, 15) is 13.6 Å². The summed E-state index contributed by atoms with van der Waals surface area (Å²) in [6.45, 7) is 0. The maximum absolute atomic E-state index is 12.4. The van der Waals surface area contributed by atoms with Crippen molar-refractivity contribution in [2.24, 2.45) is 0 Å². The summed E-state index contributed by atoms with van der Waals surface area (Å²) in [4.78, 5) is 11.1. The molecule has 0 atom stereocenters. The minimum absolute atomic E-state index is 0.192. The van der Waals surface area contributed by atoms with Gasteiger partial charge in [0.2, 0.25) is 0 Å². The van der Waals surface area contributed by atoms with Crippen LogP contribution >= 0.6 is 0 Å². The molecule has 1 rings (SSSR count). The Morgan fingerprint density at radius 3 is 2.64 bits per heavy atom. The van der Waals surface area contributed by atoms with Gasteiger partial charge in [-0.15, -0.1) is 0 Å². The quantitative estimate of drug-likeness (QED) is 0.588. The summed E-state index contributed by atoms with van der Waals surface area (Å²) in [5.41, 5.74) is 5.05. The van der Waals surface area contributed by atoms with Crippen LogP contribution in [0.4, 0.5) is 14.5 Å².